The van der Waals surface area contributed by atoms with E-state index in [0.29, 0.717) is 18.5 Å². The molecular formula is C10H4F6N4O2. The molecule has 0 atom stereocenters. The van der Waals surface area contributed by atoms with Gasteiger partial charge in [-0.3, -0.25) is 0 Å². The number of hydrogen-bond donors (Lipinski definition) is 1. The molecule has 0 fully saturated rings. The summed E-state index contributed by atoms with van der Waals surface area (Å²) < 4.78 is 75.1. The third kappa shape index (κ3) is 2.99. The van der Waals surface area contributed by atoms with E-state index in [1.165, 1.54) is 0 Å². The van der Waals surface area contributed by atoms with Gasteiger partial charge in [0.15, 0.2) is 5.82 Å². The lowest BCUT2D eigenvalue weighted by Gasteiger charge is -2.10. The minimum Gasteiger partial charge on any atom is -0.478 e. The van der Waals surface area contributed by atoms with E-state index in [1.54, 1.807) is 0 Å². The summed E-state index contributed by atoms with van der Waals surface area (Å²) in [5, 5.41) is 11.8. The highest BCUT2D eigenvalue weighted by Crippen LogP contribution is 2.30. The van der Waals surface area contributed by atoms with Crippen molar-refractivity contribution in [3.05, 3.63) is 35.5 Å². The fourth-order valence-corrected chi connectivity index (χ4v) is 1.44. The highest BCUT2D eigenvalue weighted by Gasteiger charge is 2.37. The van der Waals surface area contributed by atoms with E-state index in [9.17, 15) is 31.1 Å². The summed E-state index contributed by atoms with van der Waals surface area (Å²) in [5.41, 5.74) is -2.23. The van der Waals surface area contributed by atoms with E-state index < -0.39 is 41.2 Å². The normalized spacial score (nSPS) is 12.5. The number of nitrogens with zero attached hydrogens (tertiary/aromatic N) is 4. The van der Waals surface area contributed by atoms with Crippen molar-refractivity contribution in [1.29, 1.82) is 0 Å². The van der Waals surface area contributed by atoms with Crippen LogP contribution in [0.3, 0.4) is 0 Å². The van der Waals surface area contributed by atoms with Gasteiger partial charge in [-0.25, -0.2) is 19.4 Å². The average Bonchev–Trinajstić information content (AvgIpc) is 2.86. The number of alkyl halides is 6. The van der Waals surface area contributed by atoms with Gasteiger partial charge in [0, 0.05) is 0 Å². The Kier molecular flexibility index (Phi) is 3.55. The molecule has 2 heterocycles. The Morgan fingerprint density at radius 1 is 1.09 bits per heavy atom. The maximum absolute atomic E-state index is 12.6. The number of hydrogen-bond acceptors (Lipinski definition) is 4. The van der Waals surface area contributed by atoms with Crippen LogP contribution in [0.1, 0.15) is 21.9 Å². The van der Waals surface area contributed by atoms with Crippen molar-refractivity contribution in [2.75, 3.05) is 0 Å². The second kappa shape index (κ2) is 4.96. The summed E-state index contributed by atoms with van der Waals surface area (Å²) in [6.45, 7) is 0. The van der Waals surface area contributed by atoms with Gasteiger partial charge >= 0.3 is 18.3 Å². The predicted molar refractivity (Wildman–Crippen MR) is 56.1 cm³/mol. The minimum absolute atomic E-state index is 0.224. The highest BCUT2D eigenvalue weighted by atomic mass is 19.4. The Bertz CT molecular complexity index is 721. The van der Waals surface area contributed by atoms with Crippen LogP contribution >= 0.6 is 0 Å². The number of aromatic carboxylic acids is 1. The molecule has 12 heteroatoms. The lowest BCUT2D eigenvalue weighted by atomic mass is 10.2. The third-order valence-corrected chi connectivity index (χ3v) is 2.36. The van der Waals surface area contributed by atoms with Crippen LogP contribution in [-0.2, 0) is 12.4 Å². The Morgan fingerprint density at radius 3 is 2.18 bits per heavy atom. The number of rotatable bonds is 2. The van der Waals surface area contributed by atoms with E-state index in [0.717, 1.165) is 0 Å². The molecule has 2 rings (SSSR count). The first-order valence-electron chi connectivity index (χ1n) is 5.31. The molecule has 0 amide bonds. The third-order valence-electron chi connectivity index (χ3n) is 2.36. The Hall–Kier alpha value is -2.66. The molecule has 0 aliphatic rings. The molecule has 2 aromatic heterocycles. The van der Waals surface area contributed by atoms with Crippen molar-refractivity contribution in [1.82, 2.24) is 19.7 Å². The molecule has 0 saturated heterocycles. The average molecular weight is 326 g/mol. The van der Waals surface area contributed by atoms with Crippen LogP contribution in [0.25, 0.3) is 5.82 Å². The molecule has 1 N–H and O–H groups in total. The number of carbonyl (C=O) groups is 1. The van der Waals surface area contributed by atoms with Gasteiger partial charge < -0.3 is 5.11 Å². The molecule has 0 aliphatic carbocycles. The Morgan fingerprint density at radius 2 is 1.73 bits per heavy atom. The van der Waals surface area contributed by atoms with Gasteiger partial charge in [-0.05, 0) is 12.1 Å². The topological polar surface area (TPSA) is 80.9 Å². The molecule has 118 valence electrons. The Balaban J connectivity index is 2.61. The molecule has 6 nitrogen and oxygen atoms in total. The van der Waals surface area contributed by atoms with Gasteiger partial charge in [-0.2, -0.15) is 26.3 Å². The zero-order valence-corrected chi connectivity index (χ0v) is 10.1. The molecule has 0 bridgehead atoms. The largest absolute Gasteiger partial charge is 0.478 e. The molecule has 0 radical (unpaired) electrons. The van der Waals surface area contributed by atoms with Crippen molar-refractivity contribution in [3.63, 3.8) is 0 Å². The van der Waals surface area contributed by atoms with E-state index in [4.69, 9.17) is 5.11 Å². The maximum atomic E-state index is 12.6. The minimum atomic E-state index is -4.93. The summed E-state index contributed by atoms with van der Waals surface area (Å²) >= 11 is 0. The van der Waals surface area contributed by atoms with Gasteiger partial charge in [0.2, 0.25) is 0 Å². The van der Waals surface area contributed by atoms with Crippen LogP contribution in [-0.4, -0.2) is 30.8 Å². The van der Waals surface area contributed by atoms with Crippen molar-refractivity contribution < 1.29 is 36.2 Å². The summed E-state index contributed by atoms with van der Waals surface area (Å²) in [6.07, 6.45) is -9.41. The lowest BCUT2D eigenvalue weighted by Crippen LogP contribution is -2.15. The van der Waals surface area contributed by atoms with Crippen LogP contribution in [0.2, 0.25) is 0 Å². The number of pyridine rings is 1. The van der Waals surface area contributed by atoms with Crippen LogP contribution in [0.4, 0.5) is 26.3 Å². The summed E-state index contributed by atoms with van der Waals surface area (Å²) in [5.74, 6) is -4.24. The van der Waals surface area contributed by atoms with Gasteiger partial charge in [0.1, 0.15) is 17.6 Å². The fourth-order valence-electron chi connectivity index (χ4n) is 1.44. The molecular weight excluding hydrogens is 322 g/mol. The quantitative estimate of drug-likeness (QED) is 0.857. The zero-order chi connectivity index (χ0) is 16.7. The van der Waals surface area contributed by atoms with Gasteiger partial charge in [-0.1, -0.05) is 0 Å². The zero-order valence-electron chi connectivity index (χ0n) is 10.1. The van der Waals surface area contributed by atoms with Crippen LogP contribution in [0, 0.1) is 0 Å². The molecule has 22 heavy (non-hydrogen) atoms. The second-order valence-corrected chi connectivity index (χ2v) is 3.88. The molecule has 0 aliphatic heterocycles. The van der Waals surface area contributed by atoms with Crippen LogP contribution in [0.15, 0.2) is 18.5 Å². The second-order valence-electron chi connectivity index (χ2n) is 3.88. The predicted octanol–water partition coefficient (Wildman–Crippen LogP) is 2.40. The van der Waals surface area contributed by atoms with Gasteiger partial charge in [0.05, 0.1) is 0 Å². The SMILES string of the molecule is O=C(O)c1ccc(C(F)(F)F)nc1-n1cnc(C(F)(F)F)n1. The summed E-state index contributed by atoms with van der Waals surface area (Å²) in [4.78, 5) is 16.8. The molecule has 0 aromatic carbocycles. The monoisotopic (exact) mass is 326 g/mol. The number of aromatic nitrogens is 4. The molecule has 0 saturated carbocycles. The summed E-state index contributed by atoms with van der Waals surface area (Å²) in [7, 11) is 0. The van der Waals surface area contributed by atoms with Crippen molar-refractivity contribution in [3.8, 4) is 5.82 Å². The fraction of sp³-hybridized carbons (Fsp3) is 0.200. The van der Waals surface area contributed by atoms with Crippen molar-refractivity contribution in [2.45, 2.75) is 12.4 Å². The standard InChI is InChI=1S/C10H4F6N4O2/c11-9(12,13)5-2-1-4(7(21)22)6(18-5)20-3-17-8(19-20)10(14,15)16/h1-3H,(H,21,22). The maximum Gasteiger partial charge on any atom is 0.453 e. The first kappa shape index (κ1) is 15.7. The Labute approximate surface area is 117 Å². The van der Waals surface area contributed by atoms with Gasteiger partial charge in [0.25, 0.3) is 5.82 Å². The smallest absolute Gasteiger partial charge is 0.453 e. The van der Waals surface area contributed by atoms with Crippen LogP contribution in [0.5, 0.6) is 0 Å². The first-order valence-corrected chi connectivity index (χ1v) is 5.31. The van der Waals surface area contributed by atoms with Crippen molar-refractivity contribution >= 4 is 5.97 Å². The van der Waals surface area contributed by atoms with E-state index in [1.807, 2.05) is 0 Å². The highest BCUT2D eigenvalue weighted by molar-refractivity contribution is 5.91. The van der Waals surface area contributed by atoms with E-state index in [-0.39, 0.29) is 4.68 Å². The van der Waals surface area contributed by atoms with E-state index in [2.05, 4.69) is 15.1 Å². The number of carboxylic acid groups (broad SMARTS) is 1. The number of carboxylic acids is 1. The first-order chi connectivity index (χ1) is 10.00. The molecule has 0 unspecified atom stereocenters. The summed E-state index contributed by atoms with van der Waals surface area (Å²) in [6, 6.07) is 0.969. The number of halogens is 6. The lowest BCUT2D eigenvalue weighted by molar-refractivity contribution is -0.145. The van der Waals surface area contributed by atoms with Crippen LogP contribution < -0.4 is 0 Å². The van der Waals surface area contributed by atoms with Crippen molar-refractivity contribution in [2.24, 2.45) is 0 Å². The molecule has 2 aromatic rings. The van der Waals surface area contributed by atoms with Gasteiger partial charge in [-0.15, -0.1) is 5.10 Å². The van der Waals surface area contributed by atoms with E-state index >= 15 is 0 Å². The molecule has 0 spiro atoms.